The number of pyridine rings is 1. The third kappa shape index (κ3) is 3.35. The number of hydrogen-bond acceptors (Lipinski definition) is 5. The summed E-state index contributed by atoms with van der Waals surface area (Å²) in [7, 11) is 0. The highest BCUT2D eigenvalue weighted by atomic mass is 32.2. The second-order valence-electron chi connectivity index (χ2n) is 12.0. The zero-order valence-corrected chi connectivity index (χ0v) is 22.2. The van der Waals surface area contributed by atoms with Gasteiger partial charge in [-0.15, -0.1) is 11.8 Å². The Bertz CT molecular complexity index is 1310. The Kier molecular flexibility index (Phi) is 5.62. The summed E-state index contributed by atoms with van der Waals surface area (Å²) in [6.45, 7) is 6.74. The van der Waals surface area contributed by atoms with Crippen molar-refractivity contribution < 1.29 is 14.7 Å². The fourth-order valence-corrected chi connectivity index (χ4v) is 9.55. The molecule has 5 unspecified atom stereocenters. The quantitative estimate of drug-likeness (QED) is 0.507. The largest absolute Gasteiger partial charge is 0.381 e. The summed E-state index contributed by atoms with van der Waals surface area (Å²) in [5.41, 5.74) is 0.400. The molecular formula is C31H35NO3S. The molecule has 3 saturated carbocycles. The van der Waals surface area contributed by atoms with Gasteiger partial charge >= 0.3 is 0 Å². The number of allylic oxidation sites excluding steroid dienone is 4. The summed E-state index contributed by atoms with van der Waals surface area (Å²) in [5, 5.41) is 13.1. The standard InChI is InChI=1S/C31H35NO3S/c1-19-16-22-23(29(2)12-9-21(33)17-25(19)29)10-13-30(3)24(22)11-14-31(30,35)27(34)18-36-26-8-4-6-20-7-5-15-32-28(20)26/h4-9,12,15,17,19,22-24,35H,10-11,13-14,16,18H2,1-3H3/t19-,22?,23?,24?,29?,30?,31-/m0/s1. The molecule has 5 heteroatoms. The minimum absolute atomic E-state index is 0.0392. The SMILES string of the molecule is C[C@H]1CC2C(CCC3(C)C2CC[C@]3(O)C(=O)CSc2cccc3cccnc23)C2(C)C=CC(=O)C=C12. The molecule has 1 aromatic heterocycles. The minimum Gasteiger partial charge on any atom is -0.381 e. The van der Waals surface area contributed by atoms with Crippen molar-refractivity contribution in [3.8, 4) is 0 Å². The van der Waals surface area contributed by atoms with Gasteiger partial charge in [-0.1, -0.05) is 50.6 Å². The van der Waals surface area contributed by atoms with Crippen LogP contribution in [0.5, 0.6) is 0 Å². The van der Waals surface area contributed by atoms with Crippen LogP contribution in [0.1, 0.15) is 52.9 Å². The molecule has 0 bridgehead atoms. The number of carbonyl (C=O) groups excluding carboxylic acids is 2. The molecule has 4 aliphatic rings. The molecule has 0 spiro atoms. The topological polar surface area (TPSA) is 67.3 Å². The fourth-order valence-electron chi connectivity index (χ4n) is 8.54. The van der Waals surface area contributed by atoms with Gasteiger partial charge in [0, 0.05) is 27.3 Å². The van der Waals surface area contributed by atoms with E-state index in [-0.39, 0.29) is 22.7 Å². The summed E-state index contributed by atoms with van der Waals surface area (Å²) in [4.78, 5) is 31.4. The van der Waals surface area contributed by atoms with Gasteiger partial charge in [0.25, 0.3) is 0 Å². The molecule has 0 aliphatic heterocycles. The van der Waals surface area contributed by atoms with Gasteiger partial charge in [-0.05, 0) is 80.1 Å². The van der Waals surface area contributed by atoms with Crippen LogP contribution in [0.25, 0.3) is 10.9 Å². The van der Waals surface area contributed by atoms with E-state index in [1.165, 1.54) is 17.3 Å². The van der Waals surface area contributed by atoms with Crippen molar-refractivity contribution in [3.63, 3.8) is 0 Å². The zero-order valence-electron chi connectivity index (χ0n) is 21.4. The number of benzene rings is 1. The first-order chi connectivity index (χ1) is 17.2. The van der Waals surface area contributed by atoms with E-state index >= 15 is 0 Å². The third-order valence-corrected chi connectivity index (χ3v) is 11.5. The Hall–Kier alpha value is -2.24. The van der Waals surface area contributed by atoms with Crippen LogP contribution in [-0.4, -0.2) is 33.0 Å². The van der Waals surface area contributed by atoms with E-state index in [0.29, 0.717) is 30.1 Å². The average Bonchev–Trinajstić information content (AvgIpc) is 3.15. The average molecular weight is 502 g/mol. The number of nitrogens with zero attached hydrogens (tertiary/aromatic N) is 1. The third-order valence-electron chi connectivity index (χ3n) is 10.4. The molecule has 0 amide bonds. The lowest BCUT2D eigenvalue weighted by Crippen LogP contribution is -2.58. The molecule has 0 radical (unpaired) electrons. The lowest BCUT2D eigenvalue weighted by atomic mass is 9.45. The number of carbonyl (C=O) groups is 2. The van der Waals surface area contributed by atoms with Crippen molar-refractivity contribution in [1.29, 1.82) is 0 Å². The van der Waals surface area contributed by atoms with E-state index in [9.17, 15) is 14.7 Å². The van der Waals surface area contributed by atoms with Crippen LogP contribution in [0.4, 0.5) is 0 Å². The van der Waals surface area contributed by atoms with Crippen molar-refractivity contribution in [2.75, 3.05) is 5.75 Å². The summed E-state index contributed by atoms with van der Waals surface area (Å²) in [6, 6.07) is 10.0. The van der Waals surface area contributed by atoms with E-state index in [2.05, 4.69) is 31.8 Å². The zero-order chi connectivity index (χ0) is 25.3. The number of ketones is 2. The van der Waals surface area contributed by atoms with Gasteiger partial charge in [-0.2, -0.15) is 0 Å². The predicted octanol–water partition coefficient (Wildman–Crippen LogP) is 6.18. The molecule has 36 heavy (non-hydrogen) atoms. The highest BCUT2D eigenvalue weighted by Gasteiger charge is 2.66. The maximum atomic E-state index is 13.7. The molecule has 3 fully saturated rings. The highest BCUT2D eigenvalue weighted by molar-refractivity contribution is 8.00. The predicted molar refractivity (Wildman–Crippen MR) is 144 cm³/mol. The Balaban J connectivity index is 1.25. The van der Waals surface area contributed by atoms with E-state index in [0.717, 1.165) is 41.5 Å². The summed E-state index contributed by atoms with van der Waals surface area (Å²) >= 11 is 1.50. The molecule has 4 nitrogen and oxygen atoms in total. The van der Waals surface area contributed by atoms with Crippen LogP contribution in [0.15, 0.2) is 65.2 Å². The van der Waals surface area contributed by atoms with E-state index < -0.39 is 11.0 Å². The highest BCUT2D eigenvalue weighted by Crippen LogP contribution is 2.67. The molecule has 1 aromatic carbocycles. The number of Topliss-reactive ketones (excluding diaryl/α,β-unsaturated/α-hetero) is 1. The molecule has 4 aliphatic carbocycles. The number of rotatable bonds is 4. The summed E-state index contributed by atoms with van der Waals surface area (Å²) in [5.74, 6) is 1.89. The minimum atomic E-state index is -1.29. The smallest absolute Gasteiger partial charge is 0.178 e. The van der Waals surface area contributed by atoms with Crippen molar-refractivity contribution in [3.05, 3.63) is 60.3 Å². The maximum absolute atomic E-state index is 13.7. The molecule has 0 saturated heterocycles. The van der Waals surface area contributed by atoms with Gasteiger partial charge in [-0.25, -0.2) is 0 Å². The lowest BCUT2D eigenvalue weighted by Gasteiger charge is -2.59. The van der Waals surface area contributed by atoms with Gasteiger partial charge in [0.15, 0.2) is 11.6 Å². The van der Waals surface area contributed by atoms with Gasteiger partial charge in [0.1, 0.15) is 5.60 Å². The first-order valence-electron chi connectivity index (χ1n) is 13.3. The Morgan fingerprint density at radius 3 is 2.75 bits per heavy atom. The van der Waals surface area contributed by atoms with Crippen LogP contribution in [-0.2, 0) is 9.59 Å². The number of hydrogen-bond donors (Lipinski definition) is 1. The molecule has 188 valence electrons. The van der Waals surface area contributed by atoms with Crippen LogP contribution in [0.2, 0.25) is 0 Å². The first kappa shape index (κ1) is 24.1. The Morgan fingerprint density at radius 2 is 1.92 bits per heavy atom. The number of para-hydroxylation sites is 1. The lowest BCUT2D eigenvalue weighted by molar-refractivity contribution is -0.158. The van der Waals surface area contributed by atoms with E-state index in [4.69, 9.17) is 0 Å². The molecular weight excluding hydrogens is 466 g/mol. The molecule has 7 atom stereocenters. The van der Waals surface area contributed by atoms with Gasteiger partial charge in [0.05, 0.1) is 11.3 Å². The number of aliphatic hydroxyl groups is 1. The van der Waals surface area contributed by atoms with Crippen molar-refractivity contribution in [2.45, 2.75) is 63.4 Å². The molecule has 6 rings (SSSR count). The molecule has 2 aromatic rings. The molecule has 1 heterocycles. The fraction of sp³-hybridized carbons (Fsp3) is 0.516. The Labute approximate surface area is 217 Å². The van der Waals surface area contributed by atoms with Gasteiger partial charge in [-0.3, -0.25) is 14.6 Å². The van der Waals surface area contributed by atoms with Gasteiger partial charge in [0.2, 0.25) is 0 Å². The normalized spacial score (nSPS) is 39.3. The maximum Gasteiger partial charge on any atom is 0.178 e. The number of thioether (sulfide) groups is 1. The second kappa shape index (κ2) is 8.39. The monoisotopic (exact) mass is 501 g/mol. The van der Waals surface area contributed by atoms with Gasteiger partial charge < -0.3 is 5.11 Å². The van der Waals surface area contributed by atoms with Crippen molar-refractivity contribution >= 4 is 34.2 Å². The number of aromatic nitrogens is 1. The summed E-state index contributed by atoms with van der Waals surface area (Å²) < 4.78 is 0. The van der Waals surface area contributed by atoms with Crippen molar-refractivity contribution in [1.82, 2.24) is 4.98 Å². The number of fused-ring (bicyclic) bond motifs is 6. The first-order valence-corrected chi connectivity index (χ1v) is 14.3. The Morgan fingerprint density at radius 1 is 1.14 bits per heavy atom. The van der Waals surface area contributed by atoms with Crippen LogP contribution >= 0.6 is 11.8 Å². The second-order valence-corrected chi connectivity index (χ2v) is 13.0. The summed E-state index contributed by atoms with van der Waals surface area (Å²) in [6.07, 6.45) is 11.9. The van der Waals surface area contributed by atoms with Crippen LogP contribution < -0.4 is 0 Å². The van der Waals surface area contributed by atoms with Crippen molar-refractivity contribution in [2.24, 2.45) is 34.5 Å². The van der Waals surface area contributed by atoms with E-state index in [1.54, 1.807) is 12.3 Å². The van der Waals surface area contributed by atoms with E-state index in [1.807, 2.05) is 36.4 Å². The molecule has 1 N–H and O–H groups in total. The van der Waals surface area contributed by atoms with Crippen LogP contribution in [0.3, 0.4) is 0 Å². The van der Waals surface area contributed by atoms with Crippen LogP contribution in [0, 0.1) is 34.5 Å².